The molecule has 0 fully saturated rings. The second kappa shape index (κ2) is 4.14. The maximum absolute atomic E-state index is 10.9. The topological polar surface area (TPSA) is 68.0 Å². The van der Waals surface area contributed by atoms with Crippen molar-refractivity contribution < 1.29 is 9.90 Å². The normalized spacial score (nSPS) is 12.3. The molecule has 5 heteroatoms. The van der Waals surface area contributed by atoms with Crippen LogP contribution in [0, 0.1) is 0 Å². The van der Waals surface area contributed by atoms with E-state index in [0.717, 1.165) is 5.69 Å². The molecule has 1 aromatic heterocycles. The molecule has 0 aliphatic heterocycles. The highest BCUT2D eigenvalue weighted by molar-refractivity contribution is 5.75. The third kappa shape index (κ3) is 1.79. The minimum absolute atomic E-state index is 0.568. The number of rotatable bonds is 3. The van der Waals surface area contributed by atoms with Crippen LogP contribution >= 0.6 is 0 Å². The highest BCUT2D eigenvalue weighted by Gasteiger charge is 2.19. The lowest BCUT2D eigenvalue weighted by Crippen LogP contribution is -2.12. The summed E-state index contributed by atoms with van der Waals surface area (Å²) < 4.78 is 1.54. The third-order valence-corrected chi connectivity index (χ3v) is 2.39. The summed E-state index contributed by atoms with van der Waals surface area (Å²) in [5.41, 5.74) is 1.38. The Morgan fingerprint density at radius 2 is 2.06 bits per heavy atom. The van der Waals surface area contributed by atoms with Crippen molar-refractivity contribution in [1.29, 1.82) is 0 Å². The maximum Gasteiger partial charge on any atom is 0.312 e. The van der Waals surface area contributed by atoms with E-state index in [9.17, 15) is 4.79 Å². The fourth-order valence-corrected chi connectivity index (χ4v) is 1.43. The number of carboxylic acids is 1. The van der Waals surface area contributed by atoms with Crippen LogP contribution in [0.25, 0.3) is 5.69 Å². The Morgan fingerprint density at radius 1 is 1.38 bits per heavy atom. The smallest absolute Gasteiger partial charge is 0.312 e. The zero-order chi connectivity index (χ0) is 11.5. The minimum atomic E-state index is -0.889. The van der Waals surface area contributed by atoms with Gasteiger partial charge in [0.25, 0.3) is 0 Å². The van der Waals surface area contributed by atoms with E-state index in [4.69, 9.17) is 5.11 Å². The summed E-state index contributed by atoms with van der Waals surface area (Å²) >= 11 is 0. The zero-order valence-corrected chi connectivity index (χ0v) is 8.74. The lowest BCUT2D eigenvalue weighted by molar-refractivity contribution is -0.138. The van der Waals surface area contributed by atoms with Crippen molar-refractivity contribution in [3.8, 4) is 5.69 Å². The summed E-state index contributed by atoms with van der Waals surface area (Å²) in [5, 5.41) is 16.6. The number of carbonyl (C=O) groups is 1. The first-order valence-electron chi connectivity index (χ1n) is 4.89. The van der Waals surface area contributed by atoms with E-state index in [0.29, 0.717) is 5.69 Å². The predicted octanol–water partition coefficient (Wildman–Crippen LogP) is 1.46. The van der Waals surface area contributed by atoms with Crippen LogP contribution in [0.2, 0.25) is 0 Å². The average molecular weight is 217 g/mol. The van der Waals surface area contributed by atoms with Crippen LogP contribution in [-0.4, -0.2) is 26.1 Å². The van der Waals surface area contributed by atoms with E-state index in [-0.39, 0.29) is 0 Å². The van der Waals surface area contributed by atoms with Crippen molar-refractivity contribution in [2.24, 2.45) is 0 Å². The van der Waals surface area contributed by atoms with Gasteiger partial charge in [-0.2, -0.15) is 0 Å². The molecule has 1 aromatic carbocycles. The summed E-state index contributed by atoms with van der Waals surface area (Å²) in [4.78, 5) is 10.9. The van der Waals surface area contributed by atoms with Crippen molar-refractivity contribution in [3.05, 3.63) is 42.2 Å². The quantitative estimate of drug-likeness (QED) is 0.845. The van der Waals surface area contributed by atoms with Crippen molar-refractivity contribution in [2.45, 2.75) is 12.8 Å². The van der Waals surface area contributed by atoms with Crippen LogP contribution in [0.3, 0.4) is 0 Å². The minimum Gasteiger partial charge on any atom is -0.481 e. The molecule has 2 aromatic rings. The summed E-state index contributed by atoms with van der Waals surface area (Å²) in [6, 6.07) is 9.33. The van der Waals surface area contributed by atoms with Crippen LogP contribution in [-0.2, 0) is 4.79 Å². The van der Waals surface area contributed by atoms with Crippen molar-refractivity contribution in [3.63, 3.8) is 0 Å². The molecule has 0 spiro atoms. The van der Waals surface area contributed by atoms with Gasteiger partial charge in [0.2, 0.25) is 0 Å². The van der Waals surface area contributed by atoms with Gasteiger partial charge in [-0.05, 0) is 19.1 Å². The van der Waals surface area contributed by atoms with Gasteiger partial charge < -0.3 is 5.11 Å². The highest BCUT2D eigenvalue weighted by atomic mass is 16.4. The van der Waals surface area contributed by atoms with Gasteiger partial charge in [-0.1, -0.05) is 23.4 Å². The highest BCUT2D eigenvalue weighted by Crippen LogP contribution is 2.17. The lowest BCUT2D eigenvalue weighted by atomic mass is 10.1. The molecule has 5 nitrogen and oxygen atoms in total. The number of nitrogens with zero attached hydrogens (tertiary/aromatic N) is 3. The summed E-state index contributed by atoms with van der Waals surface area (Å²) in [7, 11) is 0. The Bertz CT molecular complexity index is 493. The number of para-hydroxylation sites is 1. The Kier molecular flexibility index (Phi) is 2.68. The molecule has 1 N–H and O–H groups in total. The molecule has 82 valence electrons. The Morgan fingerprint density at radius 3 is 2.69 bits per heavy atom. The standard InChI is InChI=1S/C11H11N3O2/c1-8(11(15)16)10-7-12-13-14(10)9-5-3-2-4-6-9/h2-8H,1H3,(H,15,16). The molecule has 1 atom stereocenters. The van der Waals surface area contributed by atoms with Crippen LogP contribution in [0.5, 0.6) is 0 Å². The van der Waals surface area contributed by atoms with Gasteiger partial charge >= 0.3 is 5.97 Å². The van der Waals surface area contributed by atoms with E-state index in [2.05, 4.69) is 10.3 Å². The van der Waals surface area contributed by atoms with Crippen LogP contribution < -0.4 is 0 Å². The first kappa shape index (κ1) is 10.4. The van der Waals surface area contributed by atoms with E-state index in [1.807, 2.05) is 30.3 Å². The monoisotopic (exact) mass is 217 g/mol. The fraction of sp³-hybridized carbons (Fsp3) is 0.182. The molecule has 1 unspecified atom stereocenters. The molecular weight excluding hydrogens is 206 g/mol. The van der Waals surface area contributed by atoms with E-state index < -0.39 is 11.9 Å². The summed E-state index contributed by atoms with van der Waals surface area (Å²) in [6.45, 7) is 1.61. The molecule has 2 rings (SSSR count). The average Bonchev–Trinajstić information content (AvgIpc) is 2.77. The van der Waals surface area contributed by atoms with Gasteiger partial charge in [-0.3, -0.25) is 4.79 Å². The Balaban J connectivity index is 2.44. The first-order valence-corrected chi connectivity index (χ1v) is 4.89. The van der Waals surface area contributed by atoms with Gasteiger partial charge in [0.1, 0.15) is 0 Å². The van der Waals surface area contributed by atoms with E-state index in [1.54, 1.807) is 11.6 Å². The van der Waals surface area contributed by atoms with Gasteiger partial charge in [0.05, 0.1) is 23.5 Å². The molecule has 0 amide bonds. The molecule has 0 aliphatic rings. The van der Waals surface area contributed by atoms with Crippen LogP contribution in [0.1, 0.15) is 18.5 Å². The van der Waals surface area contributed by atoms with Crippen molar-refractivity contribution in [1.82, 2.24) is 15.0 Å². The largest absolute Gasteiger partial charge is 0.481 e. The van der Waals surface area contributed by atoms with Gasteiger partial charge in [-0.15, -0.1) is 5.10 Å². The second-order valence-corrected chi connectivity index (χ2v) is 3.47. The summed E-state index contributed by atoms with van der Waals surface area (Å²) in [6.07, 6.45) is 1.48. The van der Waals surface area contributed by atoms with Gasteiger partial charge in [-0.25, -0.2) is 4.68 Å². The SMILES string of the molecule is CC(C(=O)O)c1cnnn1-c1ccccc1. The molecule has 0 saturated heterocycles. The molecule has 16 heavy (non-hydrogen) atoms. The molecule has 0 aliphatic carbocycles. The molecule has 1 heterocycles. The fourth-order valence-electron chi connectivity index (χ4n) is 1.43. The number of carboxylic acid groups (broad SMARTS) is 1. The Hall–Kier alpha value is -2.17. The zero-order valence-electron chi connectivity index (χ0n) is 8.74. The maximum atomic E-state index is 10.9. The van der Waals surface area contributed by atoms with E-state index in [1.165, 1.54) is 6.20 Å². The lowest BCUT2D eigenvalue weighted by Gasteiger charge is -2.08. The van der Waals surface area contributed by atoms with Crippen molar-refractivity contribution in [2.75, 3.05) is 0 Å². The van der Waals surface area contributed by atoms with Crippen molar-refractivity contribution >= 4 is 5.97 Å². The molecule has 0 radical (unpaired) electrons. The van der Waals surface area contributed by atoms with E-state index >= 15 is 0 Å². The molecular formula is C11H11N3O2. The number of aromatic nitrogens is 3. The Labute approximate surface area is 92.3 Å². The third-order valence-electron chi connectivity index (χ3n) is 2.39. The number of benzene rings is 1. The van der Waals surface area contributed by atoms with Gasteiger partial charge in [0.15, 0.2) is 0 Å². The van der Waals surface area contributed by atoms with Crippen LogP contribution in [0.4, 0.5) is 0 Å². The van der Waals surface area contributed by atoms with Crippen LogP contribution in [0.15, 0.2) is 36.5 Å². The molecule has 0 bridgehead atoms. The number of aliphatic carboxylic acids is 1. The number of hydrogen-bond donors (Lipinski definition) is 1. The second-order valence-electron chi connectivity index (χ2n) is 3.47. The predicted molar refractivity (Wildman–Crippen MR) is 57.4 cm³/mol. The first-order chi connectivity index (χ1) is 7.70. The van der Waals surface area contributed by atoms with Gasteiger partial charge in [0, 0.05) is 0 Å². The summed E-state index contributed by atoms with van der Waals surface area (Å²) in [5.74, 6) is -1.52. The number of hydrogen-bond acceptors (Lipinski definition) is 3. The molecule has 0 saturated carbocycles.